The summed E-state index contributed by atoms with van der Waals surface area (Å²) >= 11 is 0. The standard InChI is InChI=1S/C21H34O2/c1-7-13-21(6,18(22)23)17-12-11-16-15(19(17,3)4)10-9-14-20(16,5)8-2/h8,17H,2,7,9-14H2,1,3-6H3,(H,22,23)/t17?,20-,21+/m0/s1. The number of hydrogen-bond acceptors (Lipinski definition) is 1. The number of carboxylic acid groups (broad SMARTS) is 1. The van der Waals surface area contributed by atoms with Gasteiger partial charge in [-0.15, -0.1) is 6.58 Å². The fourth-order valence-corrected chi connectivity index (χ4v) is 5.58. The maximum atomic E-state index is 12.1. The molecule has 0 fully saturated rings. The molecule has 2 aliphatic carbocycles. The smallest absolute Gasteiger partial charge is 0.309 e. The van der Waals surface area contributed by atoms with Gasteiger partial charge >= 0.3 is 5.97 Å². The van der Waals surface area contributed by atoms with Crippen LogP contribution in [0.25, 0.3) is 0 Å². The molecule has 0 saturated carbocycles. The Morgan fingerprint density at radius 3 is 2.52 bits per heavy atom. The van der Waals surface area contributed by atoms with E-state index < -0.39 is 11.4 Å². The van der Waals surface area contributed by atoms with E-state index in [0.717, 1.165) is 32.1 Å². The fraction of sp³-hybridized carbons (Fsp3) is 0.762. The van der Waals surface area contributed by atoms with Crippen molar-refractivity contribution in [1.82, 2.24) is 0 Å². The van der Waals surface area contributed by atoms with E-state index in [1.165, 1.54) is 18.4 Å². The summed E-state index contributed by atoms with van der Waals surface area (Å²) in [5, 5.41) is 9.96. The molecule has 0 aliphatic heterocycles. The van der Waals surface area contributed by atoms with E-state index in [1.807, 2.05) is 6.92 Å². The van der Waals surface area contributed by atoms with Crippen LogP contribution in [-0.2, 0) is 4.79 Å². The average molecular weight is 319 g/mol. The molecule has 0 amide bonds. The van der Waals surface area contributed by atoms with Gasteiger partial charge in [0.25, 0.3) is 0 Å². The first-order valence-electron chi connectivity index (χ1n) is 9.23. The van der Waals surface area contributed by atoms with Gasteiger partial charge in [-0.3, -0.25) is 4.79 Å². The van der Waals surface area contributed by atoms with Gasteiger partial charge in [0.2, 0.25) is 0 Å². The number of hydrogen-bond donors (Lipinski definition) is 1. The molecular weight excluding hydrogens is 284 g/mol. The molecule has 0 aromatic rings. The van der Waals surface area contributed by atoms with Gasteiger partial charge in [0.1, 0.15) is 0 Å². The molecule has 0 aromatic carbocycles. The molecule has 130 valence electrons. The summed E-state index contributed by atoms with van der Waals surface area (Å²) in [6.07, 6.45) is 9.33. The molecule has 2 nitrogen and oxygen atoms in total. The van der Waals surface area contributed by atoms with Gasteiger partial charge in [0, 0.05) is 5.41 Å². The monoisotopic (exact) mass is 318 g/mol. The number of rotatable bonds is 5. The van der Waals surface area contributed by atoms with Crippen molar-refractivity contribution in [1.29, 1.82) is 0 Å². The second kappa shape index (κ2) is 6.11. The van der Waals surface area contributed by atoms with Crippen LogP contribution in [0.1, 0.15) is 79.6 Å². The third-order valence-electron chi connectivity index (χ3n) is 6.99. The number of carboxylic acids is 1. The Morgan fingerprint density at radius 2 is 2.00 bits per heavy atom. The average Bonchev–Trinajstić information content (AvgIpc) is 2.48. The Hall–Kier alpha value is -1.05. The van der Waals surface area contributed by atoms with E-state index in [2.05, 4.69) is 40.3 Å². The van der Waals surface area contributed by atoms with Crippen molar-refractivity contribution < 1.29 is 9.90 Å². The van der Waals surface area contributed by atoms with Crippen LogP contribution < -0.4 is 0 Å². The van der Waals surface area contributed by atoms with Crippen molar-refractivity contribution in [3.8, 4) is 0 Å². The quantitative estimate of drug-likeness (QED) is 0.632. The highest BCUT2D eigenvalue weighted by atomic mass is 16.4. The second-order valence-corrected chi connectivity index (χ2v) is 8.72. The molecule has 2 aliphatic rings. The van der Waals surface area contributed by atoms with E-state index in [1.54, 1.807) is 5.57 Å². The third-order valence-corrected chi connectivity index (χ3v) is 6.99. The molecule has 1 N–H and O–H groups in total. The molecule has 0 heterocycles. The normalized spacial score (nSPS) is 32.8. The van der Waals surface area contributed by atoms with Crippen LogP contribution in [-0.4, -0.2) is 11.1 Å². The number of carbonyl (C=O) groups is 1. The summed E-state index contributed by atoms with van der Waals surface area (Å²) in [5.74, 6) is -0.415. The largest absolute Gasteiger partial charge is 0.481 e. The van der Waals surface area contributed by atoms with Crippen molar-refractivity contribution >= 4 is 5.97 Å². The lowest BCUT2D eigenvalue weighted by Crippen LogP contribution is -2.47. The van der Waals surface area contributed by atoms with Gasteiger partial charge in [-0.25, -0.2) is 0 Å². The maximum Gasteiger partial charge on any atom is 0.309 e. The molecule has 0 radical (unpaired) electrons. The Kier molecular flexibility index (Phi) is 4.86. The van der Waals surface area contributed by atoms with Gasteiger partial charge in [0.15, 0.2) is 0 Å². The topological polar surface area (TPSA) is 37.3 Å². The summed E-state index contributed by atoms with van der Waals surface area (Å²) < 4.78 is 0. The Balaban J connectivity index is 2.50. The first-order chi connectivity index (χ1) is 10.6. The van der Waals surface area contributed by atoms with Crippen molar-refractivity contribution in [3.63, 3.8) is 0 Å². The van der Waals surface area contributed by atoms with Gasteiger partial charge in [0.05, 0.1) is 5.41 Å². The Bertz CT molecular complexity index is 528. The van der Waals surface area contributed by atoms with Crippen molar-refractivity contribution in [2.24, 2.45) is 22.2 Å². The van der Waals surface area contributed by atoms with Gasteiger partial charge in [-0.05, 0) is 56.8 Å². The van der Waals surface area contributed by atoms with E-state index in [0.29, 0.717) is 0 Å². The van der Waals surface area contributed by atoms with Gasteiger partial charge in [-0.1, -0.05) is 51.3 Å². The van der Waals surface area contributed by atoms with Gasteiger partial charge in [-0.2, -0.15) is 0 Å². The first kappa shape index (κ1) is 18.3. The minimum Gasteiger partial charge on any atom is -0.481 e. The molecular formula is C21H34O2. The lowest BCUT2D eigenvalue weighted by molar-refractivity contribution is -0.155. The van der Waals surface area contributed by atoms with E-state index in [9.17, 15) is 9.90 Å². The molecule has 3 atom stereocenters. The lowest BCUT2D eigenvalue weighted by Gasteiger charge is -2.53. The molecule has 0 aromatic heterocycles. The van der Waals surface area contributed by atoms with E-state index in [-0.39, 0.29) is 16.7 Å². The van der Waals surface area contributed by atoms with E-state index in [4.69, 9.17) is 0 Å². The summed E-state index contributed by atoms with van der Waals surface area (Å²) in [6, 6.07) is 0. The molecule has 2 heteroatoms. The van der Waals surface area contributed by atoms with Crippen LogP contribution >= 0.6 is 0 Å². The number of allylic oxidation sites excluding steroid dienone is 3. The first-order valence-corrected chi connectivity index (χ1v) is 9.23. The molecule has 0 saturated heterocycles. The van der Waals surface area contributed by atoms with Crippen molar-refractivity contribution in [3.05, 3.63) is 23.8 Å². The molecule has 23 heavy (non-hydrogen) atoms. The second-order valence-electron chi connectivity index (χ2n) is 8.72. The zero-order valence-electron chi connectivity index (χ0n) is 15.7. The zero-order valence-corrected chi connectivity index (χ0v) is 15.7. The Labute approximate surface area is 142 Å². The zero-order chi connectivity index (χ0) is 17.5. The van der Waals surface area contributed by atoms with Crippen LogP contribution in [0.4, 0.5) is 0 Å². The Morgan fingerprint density at radius 1 is 1.35 bits per heavy atom. The molecule has 0 bridgehead atoms. The predicted molar refractivity (Wildman–Crippen MR) is 96.3 cm³/mol. The summed E-state index contributed by atoms with van der Waals surface area (Å²) in [5.41, 5.74) is 2.54. The van der Waals surface area contributed by atoms with Crippen molar-refractivity contribution in [2.75, 3.05) is 0 Å². The van der Waals surface area contributed by atoms with Crippen molar-refractivity contribution in [2.45, 2.75) is 79.6 Å². The molecule has 2 rings (SSSR count). The highest BCUT2D eigenvalue weighted by molar-refractivity contribution is 5.75. The highest BCUT2D eigenvalue weighted by Crippen LogP contribution is 2.59. The SMILES string of the molecule is C=C[C@@]1(C)CCCC2=C1CCC([C@@](C)(CCC)C(=O)O)C2(C)C. The number of aliphatic carboxylic acids is 1. The van der Waals surface area contributed by atoms with Crippen LogP contribution in [0, 0.1) is 22.2 Å². The lowest BCUT2D eigenvalue weighted by atomic mass is 9.51. The minimum atomic E-state index is -0.626. The third kappa shape index (κ3) is 2.79. The van der Waals surface area contributed by atoms with Crippen LogP contribution in [0.15, 0.2) is 23.8 Å². The fourth-order valence-electron chi connectivity index (χ4n) is 5.58. The minimum absolute atomic E-state index is 0.0411. The van der Waals surface area contributed by atoms with Crippen LogP contribution in [0.5, 0.6) is 0 Å². The summed E-state index contributed by atoms with van der Waals surface area (Å²) in [6.45, 7) is 15.1. The summed E-state index contributed by atoms with van der Waals surface area (Å²) in [7, 11) is 0. The van der Waals surface area contributed by atoms with Gasteiger partial charge < -0.3 is 5.11 Å². The van der Waals surface area contributed by atoms with Crippen LogP contribution in [0.2, 0.25) is 0 Å². The predicted octanol–water partition coefficient (Wildman–Crippen LogP) is 5.99. The molecule has 0 spiro atoms. The van der Waals surface area contributed by atoms with E-state index >= 15 is 0 Å². The summed E-state index contributed by atoms with van der Waals surface area (Å²) in [4.78, 5) is 12.1. The highest BCUT2D eigenvalue weighted by Gasteiger charge is 2.52. The van der Waals surface area contributed by atoms with Crippen LogP contribution in [0.3, 0.4) is 0 Å². The molecule has 1 unspecified atom stereocenters. The maximum absolute atomic E-state index is 12.1.